The van der Waals surface area contributed by atoms with Gasteiger partial charge in [0.05, 0.1) is 19.9 Å². The summed E-state index contributed by atoms with van der Waals surface area (Å²) in [6, 6.07) is 5.88. The van der Waals surface area contributed by atoms with Crippen LogP contribution in [0, 0.1) is 0 Å². The largest absolute Gasteiger partial charge is 0.493 e. The van der Waals surface area contributed by atoms with Gasteiger partial charge in [-0.25, -0.2) is 0 Å². The minimum Gasteiger partial charge on any atom is -0.493 e. The van der Waals surface area contributed by atoms with Crippen LogP contribution in [0.2, 0.25) is 0 Å². The molecule has 2 rings (SSSR count). The highest BCUT2D eigenvalue weighted by atomic mass is 16.5. The SMILES string of the molecule is CCc1nn(C)c(CC)c1CNC(=NC)NCc1ccc(OC)c(OC)c1. The van der Waals surface area contributed by atoms with Gasteiger partial charge in [-0.2, -0.15) is 5.10 Å². The van der Waals surface area contributed by atoms with Gasteiger partial charge in [-0.1, -0.05) is 19.9 Å². The maximum Gasteiger partial charge on any atom is 0.191 e. The van der Waals surface area contributed by atoms with Crippen LogP contribution < -0.4 is 20.1 Å². The van der Waals surface area contributed by atoms with Crippen LogP contribution in [0.25, 0.3) is 0 Å². The molecule has 0 fully saturated rings. The summed E-state index contributed by atoms with van der Waals surface area (Å²) >= 11 is 0. The van der Waals surface area contributed by atoms with E-state index in [2.05, 4.69) is 34.6 Å². The Bertz CT molecular complexity index is 783. The summed E-state index contributed by atoms with van der Waals surface area (Å²) in [5, 5.41) is 11.4. The van der Waals surface area contributed by atoms with Gasteiger partial charge in [-0.05, 0) is 30.5 Å². The summed E-state index contributed by atoms with van der Waals surface area (Å²) in [5.41, 5.74) is 4.74. The molecule has 0 aliphatic rings. The first-order chi connectivity index (χ1) is 13.1. The Labute approximate surface area is 161 Å². The Morgan fingerprint density at radius 1 is 1.07 bits per heavy atom. The minimum absolute atomic E-state index is 0.633. The first-order valence-electron chi connectivity index (χ1n) is 9.26. The van der Waals surface area contributed by atoms with Crippen LogP contribution in [0.15, 0.2) is 23.2 Å². The molecule has 27 heavy (non-hydrogen) atoms. The maximum atomic E-state index is 5.36. The van der Waals surface area contributed by atoms with Crippen LogP contribution in [-0.4, -0.2) is 37.0 Å². The highest BCUT2D eigenvalue weighted by molar-refractivity contribution is 5.79. The smallest absolute Gasteiger partial charge is 0.191 e. The lowest BCUT2D eigenvalue weighted by atomic mass is 10.1. The fourth-order valence-electron chi connectivity index (χ4n) is 3.16. The summed E-state index contributed by atoms with van der Waals surface area (Å²) in [6.45, 7) is 5.62. The van der Waals surface area contributed by atoms with Gasteiger partial charge in [-0.15, -0.1) is 0 Å². The molecule has 0 amide bonds. The molecule has 0 saturated carbocycles. The molecule has 7 nitrogen and oxygen atoms in total. The van der Waals surface area contributed by atoms with E-state index < -0.39 is 0 Å². The number of methoxy groups -OCH3 is 2. The zero-order valence-electron chi connectivity index (χ0n) is 17.2. The number of aryl methyl sites for hydroxylation is 2. The molecule has 0 radical (unpaired) electrons. The lowest BCUT2D eigenvalue weighted by Crippen LogP contribution is -2.36. The number of aromatic nitrogens is 2. The molecule has 0 aliphatic carbocycles. The standard InChI is InChI=1S/C20H31N5O2/c1-7-16-15(17(8-2)25(4)24-16)13-23-20(21-3)22-12-14-9-10-18(26-5)19(11-14)27-6/h9-11H,7-8,12-13H2,1-6H3,(H2,21,22,23). The van der Waals surface area contributed by atoms with Gasteiger partial charge in [0.2, 0.25) is 0 Å². The number of hydrogen-bond acceptors (Lipinski definition) is 4. The minimum atomic E-state index is 0.633. The van der Waals surface area contributed by atoms with E-state index in [4.69, 9.17) is 9.47 Å². The number of aliphatic imine (C=N–C) groups is 1. The zero-order chi connectivity index (χ0) is 19.8. The average Bonchev–Trinajstić information content (AvgIpc) is 3.02. The summed E-state index contributed by atoms with van der Waals surface area (Å²) in [5.74, 6) is 2.19. The normalized spacial score (nSPS) is 11.4. The van der Waals surface area contributed by atoms with Gasteiger partial charge in [0.25, 0.3) is 0 Å². The molecule has 0 saturated heterocycles. The number of benzene rings is 1. The number of nitrogens with one attached hydrogen (secondary N) is 2. The first kappa shape index (κ1) is 20.6. The van der Waals surface area contributed by atoms with Crippen molar-refractivity contribution >= 4 is 5.96 Å². The van der Waals surface area contributed by atoms with Crippen molar-refractivity contribution in [3.63, 3.8) is 0 Å². The van der Waals surface area contributed by atoms with Crippen LogP contribution in [0.4, 0.5) is 0 Å². The summed E-state index contributed by atoms with van der Waals surface area (Å²) in [7, 11) is 7.05. The monoisotopic (exact) mass is 373 g/mol. The zero-order valence-corrected chi connectivity index (χ0v) is 17.2. The number of guanidine groups is 1. The molecular formula is C20H31N5O2. The predicted octanol–water partition coefficient (Wildman–Crippen LogP) is 2.43. The third-order valence-corrected chi connectivity index (χ3v) is 4.59. The third-order valence-electron chi connectivity index (χ3n) is 4.59. The molecule has 1 aromatic heterocycles. The molecule has 7 heteroatoms. The van der Waals surface area contributed by atoms with Gasteiger partial charge in [0.1, 0.15) is 0 Å². The van der Waals surface area contributed by atoms with Crippen molar-refractivity contribution in [1.82, 2.24) is 20.4 Å². The van der Waals surface area contributed by atoms with Crippen LogP contribution in [0.3, 0.4) is 0 Å². The van der Waals surface area contributed by atoms with Gasteiger partial charge in [0, 0.05) is 38.4 Å². The van der Waals surface area contributed by atoms with Gasteiger partial charge in [-0.3, -0.25) is 9.67 Å². The van der Waals surface area contributed by atoms with E-state index in [1.54, 1.807) is 21.3 Å². The Morgan fingerprint density at radius 2 is 1.78 bits per heavy atom. The molecule has 1 heterocycles. The third kappa shape index (κ3) is 4.93. The number of ether oxygens (including phenoxy) is 2. The second-order valence-electron chi connectivity index (χ2n) is 6.17. The lowest BCUT2D eigenvalue weighted by molar-refractivity contribution is 0.354. The highest BCUT2D eigenvalue weighted by Gasteiger charge is 2.14. The quantitative estimate of drug-likeness (QED) is 0.549. The Hall–Kier alpha value is -2.70. The molecular weight excluding hydrogens is 342 g/mol. The highest BCUT2D eigenvalue weighted by Crippen LogP contribution is 2.27. The van der Waals surface area contributed by atoms with Crippen LogP contribution in [0.5, 0.6) is 11.5 Å². The topological polar surface area (TPSA) is 72.7 Å². The summed E-state index contributed by atoms with van der Waals surface area (Å²) in [4.78, 5) is 4.32. The molecule has 0 bridgehead atoms. The van der Waals surface area contributed by atoms with Crippen LogP contribution in [0.1, 0.15) is 36.4 Å². The average molecular weight is 374 g/mol. The predicted molar refractivity (Wildman–Crippen MR) is 109 cm³/mol. The Morgan fingerprint density at radius 3 is 2.37 bits per heavy atom. The van der Waals surface area contributed by atoms with Crippen molar-refractivity contribution < 1.29 is 9.47 Å². The lowest BCUT2D eigenvalue weighted by Gasteiger charge is -2.14. The summed E-state index contributed by atoms with van der Waals surface area (Å²) < 4.78 is 12.6. The van der Waals surface area contributed by atoms with Crippen molar-refractivity contribution in [1.29, 1.82) is 0 Å². The van der Waals surface area contributed by atoms with E-state index in [9.17, 15) is 0 Å². The van der Waals surface area contributed by atoms with Crippen molar-refractivity contribution in [3.8, 4) is 11.5 Å². The van der Waals surface area contributed by atoms with E-state index in [-0.39, 0.29) is 0 Å². The van der Waals surface area contributed by atoms with E-state index in [0.29, 0.717) is 13.1 Å². The van der Waals surface area contributed by atoms with Gasteiger partial charge in [0.15, 0.2) is 17.5 Å². The second-order valence-corrected chi connectivity index (χ2v) is 6.17. The summed E-state index contributed by atoms with van der Waals surface area (Å²) in [6.07, 6.45) is 1.88. The first-order valence-corrected chi connectivity index (χ1v) is 9.26. The molecule has 2 aromatic rings. The van der Waals surface area contributed by atoms with Crippen molar-refractivity contribution in [2.45, 2.75) is 39.8 Å². The Kier molecular flexibility index (Phi) is 7.52. The molecule has 0 spiro atoms. The van der Waals surface area contributed by atoms with Crippen molar-refractivity contribution in [2.24, 2.45) is 12.0 Å². The van der Waals surface area contributed by atoms with Crippen molar-refractivity contribution in [3.05, 3.63) is 40.7 Å². The van der Waals surface area contributed by atoms with Gasteiger partial charge >= 0.3 is 0 Å². The van der Waals surface area contributed by atoms with E-state index in [1.165, 1.54) is 11.3 Å². The van der Waals surface area contributed by atoms with Crippen LogP contribution >= 0.6 is 0 Å². The molecule has 2 N–H and O–H groups in total. The van der Waals surface area contributed by atoms with Gasteiger partial charge < -0.3 is 20.1 Å². The Balaban J connectivity index is 2.01. The molecule has 1 aromatic carbocycles. The maximum absolute atomic E-state index is 5.36. The molecule has 0 unspecified atom stereocenters. The van der Waals surface area contributed by atoms with E-state index in [1.807, 2.05) is 29.9 Å². The molecule has 0 aliphatic heterocycles. The number of nitrogens with zero attached hydrogens (tertiary/aromatic N) is 3. The van der Waals surface area contributed by atoms with Crippen LogP contribution in [-0.2, 0) is 33.0 Å². The fourth-order valence-corrected chi connectivity index (χ4v) is 3.16. The molecule has 148 valence electrons. The molecule has 0 atom stereocenters. The number of rotatable bonds is 8. The van der Waals surface area contributed by atoms with E-state index >= 15 is 0 Å². The fraction of sp³-hybridized carbons (Fsp3) is 0.500. The second kappa shape index (κ2) is 9.85. The number of hydrogen-bond donors (Lipinski definition) is 2. The van der Waals surface area contributed by atoms with Crippen molar-refractivity contribution in [2.75, 3.05) is 21.3 Å². The van der Waals surface area contributed by atoms with E-state index in [0.717, 1.165) is 41.6 Å².